The van der Waals surface area contributed by atoms with Crippen LogP contribution in [0.4, 0.5) is 17.3 Å². The van der Waals surface area contributed by atoms with Crippen LogP contribution in [0, 0.1) is 0 Å². The lowest BCUT2D eigenvalue weighted by molar-refractivity contribution is -0.0111. The number of hydrogen-bond donors (Lipinski definition) is 3. The van der Waals surface area contributed by atoms with Gasteiger partial charge in [0.25, 0.3) is 0 Å². The second-order valence-electron chi connectivity index (χ2n) is 9.31. The highest BCUT2D eigenvalue weighted by Crippen LogP contribution is 2.35. The quantitative estimate of drug-likeness (QED) is 0.327. The predicted molar refractivity (Wildman–Crippen MR) is 144 cm³/mol. The highest BCUT2D eigenvalue weighted by atomic mass is 35.5. The summed E-state index contributed by atoms with van der Waals surface area (Å²) in [4.78, 5) is 14.8. The largest absolute Gasteiger partial charge is 0.494 e. The van der Waals surface area contributed by atoms with Gasteiger partial charge in [0.2, 0.25) is 5.95 Å². The van der Waals surface area contributed by atoms with Crippen LogP contribution < -0.4 is 20.3 Å². The van der Waals surface area contributed by atoms with Gasteiger partial charge in [-0.25, -0.2) is 9.97 Å². The number of halogens is 1. The van der Waals surface area contributed by atoms with Gasteiger partial charge in [-0.2, -0.15) is 0 Å². The van der Waals surface area contributed by atoms with Gasteiger partial charge in [-0.3, -0.25) is 0 Å². The number of rotatable bonds is 7. The van der Waals surface area contributed by atoms with Crippen molar-refractivity contribution < 1.29 is 9.47 Å². The molecular formula is C27H29ClN6O2. The van der Waals surface area contributed by atoms with E-state index >= 15 is 0 Å². The Bertz CT molecular complexity index is 1360. The van der Waals surface area contributed by atoms with E-state index in [1.807, 2.05) is 30.5 Å². The molecule has 0 saturated carbocycles. The molecule has 0 radical (unpaired) electrons. The first-order valence-electron chi connectivity index (χ1n) is 12.3. The summed E-state index contributed by atoms with van der Waals surface area (Å²) in [7, 11) is 1.68. The highest BCUT2D eigenvalue weighted by molar-refractivity contribution is 6.33. The van der Waals surface area contributed by atoms with Gasteiger partial charge in [0.05, 0.1) is 49.0 Å². The average molecular weight is 505 g/mol. The fourth-order valence-electron chi connectivity index (χ4n) is 4.95. The summed E-state index contributed by atoms with van der Waals surface area (Å²) in [5, 5.41) is 8.58. The van der Waals surface area contributed by atoms with Crippen LogP contribution in [-0.4, -0.2) is 60.4 Å². The van der Waals surface area contributed by atoms with Crippen LogP contribution in [0.2, 0.25) is 5.02 Å². The van der Waals surface area contributed by atoms with E-state index in [1.54, 1.807) is 13.3 Å². The van der Waals surface area contributed by atoms with Crippen LogP contribution >= 0.6 is 11.6 Å². The fraction of sp³-hybridized carbons (Fsp3) is 0.333. The van der Waals surface area contributed by atoms with Gasteiger partial charge in [0.15, 0.2) is 0 Å². The standard InChI is InChI=1S/C27H29ClN6O2/c1-35-25-12-19(34-10-8-17(9-11-34)31-18-15-36-16-18)6-7-24(25)32-27-30-14-22(28)26(33-27)21-13-29-23-5-3-2-4-20(21)23/h2-7,12-14,17-18,29,31H,8-11,15-16H2,1H3,(H,30,32,33). The maximum Gasteiger partial charge on any atom is 0.227 e. The molecule has 2 fully saturated rings. The Balaban J connectivity index is 1.19. The number of anilines is 3. The summed E-state index contributed by atoms with van der Waals surface area (Å²) >= 11 is 6.50. The van der Waals surface area contributed by atoms with Crippen LogP contribution in [0.3, 0.4) is 0 Å². The third-order valence-electron chi connectivity index (χ3n) is 6.99. The van der Waals surface area contributed by atoms with Gasteiger partial charge < -0.3 is 30.0 Å². The molecule has 8 nitrogen and oxygen atoms in total. The fourth-order valence-corrected chi connectivity index (χ4v) is 5.15. The normalized spacial score (nSPS) is 16.8. The lowest BCUT2D eigenvalue weighted by Crippen LogP contribution is -2.53. The van der Waals surface area contributed by atoms with Gasteiger partial charge in [-0.1, -0.05) is 29.8 Å². The number of aromatic nitrogens is 3. The Kier molecular flexibility index (Phi) is 6.39. The van der Waals surface area contributed by atoms with Gasteiger partial charge in [0, 0.05) is 53.5 Å². The monoisotopic (exact) mass is 504 g/mol. The molecule has 186 valence electrons. The molecule has 4 heterocycles. The van der Waals surface area contributed by atoms with E-state index in [0.717, 1.165) is 72.7 Å². The highest BCUT2D eigenvalue weighted by Gasteiger charge is 2.25. The van der Waals surface area contributed by atoms with Crippen LogP contribution in [0.5, 0.6) is 5.75 Å². The number of para-hydroxylation sites is 1. The number of benzene rings is 2. The number of nitrogens with zero attached hydrogens (tertiary/aromatic N) is 3. The third kappa shape index (κ3) is 4.59. The number of fused-ring (bicyclic) bond motifs is 1. The Labute approximate surface area is 215 Å². The van der Waals surface area contributed by atoms with Crippen molar-refractivity contribution in [2.75, 3.05) is 43.6 Å². The molecule has 2 aliphatic rings. The van der Waals surface area contributed by atoms with Crippen molar-refractivity contribution in [3.8, 4) is 17.0 Å². The molecule has 0 aliphatic carbocycles. The summed E-state index contributed by atoms with van der Waals surface area (Å²) < 4.78 is 11.0. The van der Waals surface area contributed by atoms with Crippen LogP contribution in [0.1, 0.15) is 12.8 Å². The number of aromatic amines is 1. The lowest BCUT2D eigenvalue weighted by Gasteiger charge is -2.38. The molecule has 3 N–H and O–H groups in total. The van der Waals surface area contributed by atoms with E-state index in [9.17, 15) is 0 Å². The van der Waals surface area contributed by atoms with Gasteiger partial charge in [-0.15, -0.1) is 0 Å². The number of ether oxygens (including phenoxy) is 2. The molecule has 6 rings (SSSR count). The van der Waals surface area contributed by atoms with Crippen molar-refractivity contribution in [2.24, 2.45) is 0 Å². The van der Waals surface area contributed by atoms with Crippen molar-refractivity contribution in [3.63, 3.8) is 0 Å². The van der Waals surface area contributed by atoms with Crippen molar-refractivity contribution >= 4 is 39.8 Å². The minimum Gasteiger partial charge on any atom is -0.494 e. The summed E-state index contributed by atoms with van der Waals surface area (Å²) in [5.41, 5.74) is 4.60. The van der Waals surface area contributed by atoms with E-state index in [4.69, 9.17) is 26.1 Å². The lowest BCUT2D eigenvalue weighted by atomic mass is 10.0. The first-order valence-corrected chi connectivity index (χ1v) is 12.7. The number of H-pyrrole nitrogens is 1. The molecular weight excluding hydrogens is 476 g/mol. The Morgan fingerprint density at radius 3 is 2.72 bits per heavy atom. The molecule has 0 spiro atoms. The first-order chi connectivity index (χ1) is 17.7. The number of hydrogen-bond acceptors (Lipinski definition) is 7. The molecule has 0 atom stereocenters. The van der Waals surface area contributed by atoms with Crippen LogP contribution in [0.25, 0.3) is 22.2 Å². The van der Waals surface area contributed by atoms with Crippen molar-refractivity contribution in [1.82, 2.24) is 20.3 Å². The number of methoxy groups -OCH3 is 1. The van der Waals surface area contributed by atoms with Gasteiger partial charge in [-0.05, 0) is 31.0 Å². The molecule has 2 aromatic heterocycles. The first kappa shape index (κ1) is 23.1. The molecule has 0 bridgehead atoms. The summed E-state index contributed by atoms with van der Waals surface area (Å²) in [6.45, 7) is 3.70. The van der Waals surface area contributed by atoms with E-state index < -0.39 is 0 Å². The molecule has 2 saturated heterocycles. The molecule has 4 aromatic rings. The SMILES string of the molecule is COc1cc(N2CCC(NC3COC3)CC2)ccc1Nc1ncc(Cl)c(-c2c[nH]c3ccccc23)n1. The molecule has 9 heteroatoms. The van der Waals surface area contributed by atoms with Crippen molar-refractivity contribution in [3.05, 3.63) is 59.9 Å². The topological polar surface area (TPSA) is 87.3 Å². The van der Waals surface area contributed by atoms with E-state index in [-0.39, 0.29) is 0 Å². The number of nitrogens with one attached hydrogen (secondary N) is 3. The third-order valence-corrected chi connectivity index (χ3v) is 7.27. The van der Waals surface area contributed by atoms with E-state index in [1.165, 1.54) is 0 Å². The van der Waals surface area contributed by atoms with Crippen LogP contribution in [-0.2, 0) is 4.74 Å². The zero-order chi connectivity index (χ0) is 24.5. The van der Waals surface area contributed by atoms with E-state index in [0.29, 0.717) is 28.7 Å². The smallest absolute Gasteiger partial charge is 0.227 e. The van der Waals surface area contributed by atoms with Gasteiger partial charge >= 0.3 is 0 Å². The summed E-state index contributed by atoms with van der Waals surface area (Å²) in [5.74, 6) is 1.20. The van der Waals surface area contributed by atoms with Crippen molar-refractivity contribution in [1.29, 1.82) is 0 Å². The molecule has 0 amide bonds. The summed E-state index contributed by atoms with van der Waals surface area (Å²) in [6, 6.07) is 15.4. The maximum absolute atomic E-state index is 6.50. The zero-order valence-electron chi connectivity index (χ0n) is 20.1. The van der Waals surface area contributed by atoms with E-state index in [2.05, 4.69) is 43.7 Å². The Morgan fingerprint density at radius 1 is 1.11 bits per heavy atom. The summed E-state index contributed by atoms with van der Waals surface area (Å²) in [6.07, 6.45) is 5.79. The van der Waals surface area contributed by atoms with Crippen molar-refractivity contribution in [2.45, 2.75) is 24.9 Å². The number of piperidine rings is 1. The minimum atomic E-state index is 0.456. The minimum absolute atomic E-state index is 0.456. The zero-order valence-corrected chi connectivity index (χ0v) is 20.9. The second kappa shape index (κ2) is 9.97. The van der Waals surface area contributed by atoms with Gasteiger partial charge in [0.1, 0.15) is 5.75 Å². The maximum atomic E-state index is 6.50. The molecule has 36 heavy (non-hydrogen) atoms. The molecule has 0 unspecified atom stereocenters. The molecule has 2 aromatic carbocycles. The average Bonchev–Trinajstić information content (AvgIpc) is 3.32. The predicted octanol–water partition coefficient (Wildman–Crippen LogP) is 4.99. The Morgan fingerprint density at radius 2 is 1.94 bits per heavy atom. The Hall–Kier alpha value is -3.33. The molecule has 2 aliphatic heterocycles. The van der Waals surface area contributed by atoms with Crippen LogP contribution in [0.15, 0.2) is 54.9 Å². The second-order valence-corrected chi connectivity index (χ2v) is 9.72.